The third-order valence-corrected chi connectivity index (χ3v) is 7.21. The summed E-state index contributed by atoms with van der Waals surface area (Å²) in [6.45, 7) is 1.00. The molecule has 4 rings (SSSR count). The van der Waals surface area contributed by atoms with Gasteiger partial charge in [0.15, 0.2) is 5.82 Å². The van der Waals surface area contributed by atoms with Crippen molar-refractivity contribution in [2.45, 2.75) is 30.6 Å². The van der Waals surface area contributed by atoms with Gasteiger partial charge in [-0.15, -0.1) is 0 Å². The van der Waals surface area contributed by atoms with E-state index in [2.05, 4.69) is 15.3 Å². The van der Waals surface area contributed by atoms with Gasteiger partial charge in [0, 0.05) is 24.2 Å². The summed E-state index contributed by atoms with van der Waals surface area (Å²) in [6, 6.07) is 12.6. The summed E-state index contributed by atoms with van der Waals surface area (Å²) in [5.74, 6) is 0.0644. The van der Waals surface area contributed by atoms with E-state index in [1.165, 1.54) is 28.8 Å². The quantitative estimate of drug-likeness (QED) is 0.611. The molecule has 32 heavy (non-hydrogen) atoms. The largest absolute Gasteiger partial charge is 0.508 e. The van der Waals surface area contributed by atoms with Crippen molar-refractivity contribution in [3.8, 4) is 17.1 Å². The predicted octanol–water partition coefficient (Wildman–Crippen LogP) is 3.67. The fraction of sp³-hybridized carbons (Fsp3) is 0.261. The Morgan fingerprint density at radius 2 is 1.62 bits per heavy atom. The summed E-state index contributed by atoms with van der Waals surface area (Å²) in [5, 5.41) is 12.3. The molecule has 3 aromatic rings. The monoisotopic (exact) mass is 452 g/mol. The number of phenols is 1. The highest BCUT2D eigenvalue weighted by Gasteiger charge is 2.25. The number of sulfonamides is 1. The number of nitrogens with one attached hydrogen (secondary N) is 1. The minimum atomic E-state index is -3.65. The van der Waals surface area contributed by atoms with Gasteiger partial charge in [0.25, 0.3) is 5.91 Å². The summed E-state index contributed by atoms with van der Waals surface area (Å²) in [7, 11) is -3.65. The van der Waals surface area contributed by atoms with Gasteiger partial charge in [0.1, 0.15) is 5.75 Å². The van der Waals surface area contributed by atoms with Crippen molar-refractivity contribution >= 4 is 21.6 Å². The van der Waals surface area contributed by atoms with Crippen LogP contribution in [0.4, 0.5) is 5.69 Å². The van der Waals surface area contributed by atoms with Crippen LogP contribution in [0.1, 0.15) is 36.0 Å². The molecular weight excluding hydrogens is 428 g/mol. The number of hydrogen-bond donors (Lipinski definition) is 2. The normalized spacial score (nSPS) is 15.1. The minimum absolute atomic E-state index is 0.110. The number of aromatic nitrogens is 2. The number of amides is 1. The maximum absolute atomic E-state index is 13.0. The molecule has 2 heterocycles. The first kappa shape index (κ1) is 21.9. The van der Waals surface area contributed by atoms with Gasteiger partial charge in [-0.25, -0.2) is 18.4 Å². The van der Waals surface area contributed by atoms with Crippen molar-refractivity contribution < 1.29 is 18.3 Å². The molecule has 1 aliphatic rings. The number of carbonyl (C=O) groups is 1. The van der Waals surface area contributed by atoms with Gasteiger partial charge in [0.05, 0.1) is 23.0 Å². The number of anilines is 1. The average molecular weight is 453 g/mol. The first-order valence-corrected chi connectivity index (χ1v) is 11.9. The van der Waals surface area contributed by atoms with Gasteiger partial charge in [-0.2, -0.15) is 4.31 Å². The van der Waals surface area contributed by atoms with Crippen LogP contribution in [0.25, 0.3) is 11.4 Å². The van der Waals surface area contributed by atoms with Crippen LogP contribution < -0.4 is 5.32 Å². The molecule has 2 aromatic carbocycles. The van der Waals surface area contributed by atoms with Crippen molar-refractivity contribution in [3.63, 3.8) is 0 Å². The molecule has 1 aliphatic heterocycles. The Bertz CT molecular complexity index is 1200. The molecule has 2 N–H and O–H groups in total. The van der Waals surface area contributed by atoms with E-state index in [0.29, 0.717) is 30.2 Å². The highest BCUT2D eigenvalue weighted by atomic mass is 32.2. The van der Waals surface area contributed by atoms with E-state index in [-0.39, 0.29) is 16.2 Å². The Hall–Kier alpha value is -3.30. The summed E-state index contributed by atoms with van der Waals surface area (Å²) < 4.78 is 27.6. The zero-order chi connectivity index (χ0) is 22.6. The molecule has 0 saturated carbocycles. The van der Waals surface area contributed by atoms with Crippen LogP contribution in [-0.2, 0) is 10.0 Å². The summed E-state index contributed by atoms with van der Waals surface area (Å²) in [6.07, 6.45) is 6.67. The number of nitrogens with zero attached hydrogens (tertiary/aromatic N) is 3. The van der Waals surface area contributed by atoms with Crippen molar-refractivity contribution in [1.29, 1.82) is 0 Å². The number of phenolic OH excluding ortho intramolecular Hbond substituents is 1. The SMILES string of the molecule is O=C(Nc1cnc(-c2cccc(O)c2)nc1)c1cccc(S(=O)(=O)N2CCCCCC2)c1. The number of carbonyl (C=O) groups excluding carboxylic acids is 1. The van der Waals surface area contributed by atoms with E-state index in [0.717, 1.165) is 25.7 Å². The molecule has 0 radical (unpaired) electrons. The summed E-state index contributed by atoms with van der Waals surface area (Å²) in [4.78, 5) is 21.3. The fourth-order valence-electron chi connectivity index (χ4n) is 3.62. The van der Waals surface area contributed by atoms with E-state index in [1.807, 2.05) is 0 Å². The fourth-order valence-corrected chi connectivity index (χ4v) is 5.18. The minimum Gasteiger partial charge on any atom is -0.508 e. The molecule has 166 valence electrons. The Labute approximate surface area is 187 Å². The molecule has 9 heteroatoms. The molecule has 8 nitrogen and oxygen atoms in total. The number of aromatic hydroxyl groups is 1. The molecule has 1 saturated heterocycles. The first-order valence-electron chi connectivity index (χ1n) is 10.5. The molecule has 1 amide bonds. The van der Waals surface area contributed by atoms with Crippen LogP contribution in [-0.4, -0.2) is 46.8 Å². The van der Waals surface area contributed by atoms with Gasteiger partial charge in [-0.05, 0) is 43.2 Å². The van der Waals surface area contributed by atoms with Crippen molar-refractivity contribution in [1.82, 2.24) is 14.3 Å². The van der Waals surface area contributed by atoms with Gasteiger partial charge in [0.2, 0.25) is 10.0 Å². The molecule has 0 bridgehead atoms. The molecule has 0 spiro atoms. The Morgan fingerprint density at radius 3 is 2.31 bits per heavy atom. The topological polar surface area (TPSA) is 112 Å². The highest BCUT2D eigenvalue weighted by Crippen LogP contribution is 2.23. The lowest BCUT2D eigenvalue weighted by Crippen LogP contribution is -2.32. The van der Waals surface area contributed by atoms with Crippen LogP contribution in [0.5, 0.6) is 5.75 Å². The van der Waals surface area contributed by atoms with E-state index >= 15 is 0 Å². The van der Waals surface area contributed by atoms with E-state index in [1.54, 1.807) is 36.4 Å². The molecule has 1 fully saturated rings. The van der Waals surface area contributed by atoms with Gasteiger partial charge in [-0.3, -0.25) is 4.79 Å². The second kappa shape index (κ2) is 9.46. The van der Waals surface area contributed by atoms with Crippen LogP contribution in [0.2, 0.25) is 0 Å². The van der Waals surface area contributed by atoms with Crippen molar-refractivity contribution in [3.05, 3.63) is 66.5 Å². The summed E-state index contributed by atoms with van der Waals surface area (Å²) in [5.41, 5.74) is 1.26. The zero-order valence-corrected chi connectivity index (χ0v) is 18.3. The van der Waals surface area contributed by atoms with Crippen LogP contribution in [0.3, 0.4) is 0 Å². The Kier molecular flexibility index (Phi) is 6.48. The highest BCUT2D eigenvalue weighted by molar-refractivity contribution is 7.89. The lowest BCUT2D eigenvalue weighted by Gasteiger charge is -2.20. The maximum atomic E-state index is 13.0. The first-order chi connectivity index (χ1) is 15.4. The predicted molar refractivity (Wildman–Crippen MR) is 121 cm³/mol. The average Bonchev–Trinajstić information content (AvgIpc) is 3.10. The van der Waals surface area contributed by atoms with Gasteiger partial charge in [-0.1, -0.05) is 31.0 Å². The van der Waals surface area contributed by atoms with Gasteiger partial charge >= 0.3 is 0 Å². The zero-order valence-electron chi connectivity index (χ0n) is 17.4. The standard InChI is InChI=1S/C23H24N4O4S/c28-20-9-5-7-17(13-20)22-24-15-19(16-25-22)26-23(29)18-8-6-10-21(14-18)32(30,31)27-11-3-1-2-4-12-27/h5-10,13-16,28H,1-4,11-12H2,(H,26,29). The van der Waals surface area contributed by atoms with E-state index < -0.39 is 15.9 Å². The number of hydrogen-bond acceptors (Lipinski definition) is 6. The number of benzene rings is 2. The lowest BCUT2D eigenvalue weighted by atomic mass is 10.2. The van der Waals surface area contributed by atoms with Crippen molar-refractivity contribution in [2.24, 2.45) is 0 Å². The molecule has 0 aliphatic carbocycles. The molecule has 0 unspecified atom stereocenters. The smallest absolute Gasteiger partial charge is 0.255 e. The van der Waals surface area contributed by atoms with E-state index in [9.17, 15) is 18.3 Å². The molecule has 0 atom stereocenters. The number of rotatable bonds is 5. The van der Waals surface area contributed by atoms with Crippen LogP contribution in [0, 0.1) is 0 Å². The second-order valence-electron chi connectivity index (χ2n) is 7.65. The third kappa shape index (κ3) is 4.95. The molecule has 1 aromatic heterocycles. The summed E-state index contributed by atoms with van der Waals surface area (Å²) >= 11 is 0. The molecular formula is C23H24N4O4S. The Balaban J connectivity index is 1.49. The maximum Gasteiger partial charge on any atom is 0.255 e. The van der Waals surface area contributed by atoms with Crippen LogP contribution in [0.15, 0.2) is 65.8 Å². The van der Waals surface area contributed by atoms with E-state index in [4.69, 9.17) is 0 Å². The third-order valence-electron chi connectivity index (χ3n) is 5.31. The van der Waals surface area contributed by atoms with Crippen molar-refractivity contribution in [2.75, 3.05) is 18.4 Å². The van der Waals surface area contributed by atoms with Crippen LogP contribution >= 0.6 is 0 Å². The lowest BCUT2D eigenvalue weighted by molar-refractivity contribution is 0.102. The Morgan fingerprint density at radius 1 is 0.938 bits per heavy atom. The van der Waals surface area contributed by atoms with Gasteiger partial charge < -0.3 is 10.4 Å². The second-order valence-corrected chi connectivity index (χ2v) is 9.58.